The lowest BCUT2D eigenvalue weighted by molar-refractivity contribution is 0.720. The minimum Gasteiger partial charge on any atom is -0.0654 e. The molecule has 1 radical (unpaired) electrons. The van der Waals surface area contributed by atoms with Gasteiger partial charge in [0.2, 0.25) is 0 Å². The predicted octanol–water partition coefficient (Wildman–Crippen LogP) is 6.71. The van der Waals surface area contributed by atoms with E-state index in [1.807, 2.05) is 0 Å². The van der Waals surface area contributed by atoms with E-state index >= 15 is 0 Å². The summed E-state index contributed by atoms with van der Waals surface area (Å²) in [7, 11) is -1.30. The molecule has 0 N–H and O–H groups in total. The lowest BCUT2D eigenvalue weighted by Crippen LogP contribution is -2.47. The highest BCUT2D eigenvalue weighted by Gasteiger charge is 2.32. The maximum atomic E-state index is 3.23. The highest BCUT2D eigenvalue weighted by molar-refractivity contribution is 6.91. The minimum absolute atomic E-state index is 1.30. The molecular weight excluding hydrogens is 280 g/mol. The van der Waals surface area contributed by atoms with E-state index in [-0.39, 0.29) is 0 Å². The van der Waals surface area contributed by atoms with E-state index in [2.05, 4.69) is 51.1 Å². The van der Waals surface area contributed by atoms with Crippen LogP contribution in [0.15, 0.2) is 24.3 Å². The van der Waals surface area contributed by atoms with Crippen LogP contribution in [0.25, 0.3) is 0 Å². The van der Waals surface area contributed by atoms with Gasteiger partial charge in [0, 0.05) is 0 Å². The maximum Gasteiger partial charge on any atom is 0.0867 e. The number of benzene rings is 1. The van der Waals surface area contributed by atoms with Crippen LogP contribution in [0.3, 0.4) is 0 Å². The summed E-state index contributed by atoms with van der Waals surface area (Å²) in [5.74, 6) is 0. The predicted molar refractivity (Wildman–Crippen MR) is 104 cm³/mol. The second kappa shape index (κ2) is 11.9. The van der Waals surface area contributed by atoms with Gasteiger partial charge in [-0.2, -0.15) is 0 Å². The molecule has 0 aliphatic rings. The molecule has 125 valence electrons. The van der Waals surface area contributed by atoms with E-state index in [0.717, 1.165) is 0 Å². The summed E-state index contributed by atoms with van der Waals surface area (Å²) in [6.45, 7) is 6.98. The fraction of sp³-hybridized carbons (Fsp3) is 0.714. The summed E-state index contributed by atoms with van der Waals surface area (Å²) < 4.78 is 0. The van der Waals surface area contributed by atoms with E-state index in [9.17, 15) is 0 Å². The van der Waals surface area contributed by atoms with Gasteiger partial charge in [0.05, 0.1) is 8.07 Å². The molecule has 0 saturated carbocycles. The van der Waals surface area contributed by atoms with Gasteiger partial charge in [0.15, 0.2) is 0 Å². The number of hydrogen-bond acceptors (Lipinski definition) is 0. The molecule has 0 aliphatic carbocycles. The molecule has 0 heterocycles. The van der Waals surface area contributed by atoms with Gasteiger partial charge < -0.3 is 0 Å². The van der Waals surface area contributed by atoms with Crippen LogP contribution in [-0.2, 0) is 0 Å². The largest absolute Gasteiger partial charge is 0.0867 e. The lowest BCUT2D eigenvalue weighted by Gasteiger charge is -2.33. The van der Waals surface area contributed by atoms with Gasteiger partial charge >= 0.3 is 0 Å². The van der Waals surface area contributed by atoms with Gasteiger partial charge in [-0.15, -0.1) is 0 Å². The Labute approximate surface area is 140 Å². The molecule has 22 heavy (non-hydrogen) atoms. The molecule has 0 unspecified atom stereocenters. The van der Waals surface area contributed by atoms with Gasteiger partial charge in [-0.05, 0) is 6.07 Å². The van der Waals surface area contributed by atoms with Crippen molar-refractivity contribution >= 4 is 13.3 Å². The smallest absolute Gasteiger partial charge is 0.0654 e. The van der Waals surface area contributed by atoms with Crippen LogP contribution in [0.4, 0.5) is 0 Å². The molecule has 1 aromatic carbocycles. The van der Waals surface area contributed by atoms with Crippen molar-refractivity contribution in [2.24, 2.45) is 0 Å². The van der Waals surface area contributed by atoms with Crippen molar-refractivity contribution in [1.82, 2.24) is 0 Å². The van der Waals surface area contributed by atoms with Gasteiger partial charge in [-0.25, -0.2) is 0 Å². The number of hydrogen-bond donors (Lipinski definition) is 0. The highest BCUT2D eigenvalue weighted by atomic mass is 28.3. The first-order valence-corrected chi connectivity index (χ1v) is 12.4. The van der Waals surface area contributed by atoms with Crippen LogP contribution >= 0.6 is 0 Å². The van der Waals surface area contributed by atoms with Crippen molar-refractivity contribution in [3.8, 4) is 0 Å². The zero-order valence-corrected chi connectivity index (χ0v) is 16.3. The Bertz CT molecular complexity index is 331. The third-order valence-corrected chi connectivity index (χ3v) is 10.6. The average Bonchev–Trinajstić information content (AvgIpc) is 2.56. The van der Waals surface area contributed by atoms with Crippen molar-refractivity contribution < 1.29 is 0 Å². The summed E-state index contributed by atoms with van der Waals surface area (Å²) in [4.78, 5) is 0. The Morgan fingerprint density at radius 1 is 0.682 bits per heavy atom. The fourth-order valence-electron chi connectivity index (χ4n) is 3.69. The molecule has 0 fully saturated rings. The molecule has 0 bridgehead atoms. The average molecular weight is 318 g/mol. The Morgan fingerprint density at radius 3 is 1.45 bits per heavy atom. The number of unbranched alkanes of at least 4 members (excludes halogenated alkanes) is 6. The molecule has 0 aliphatic heterocycles. The monoisotopic (exact) mass is 317 g/mol. The third-order valence-electron chi connectivity index (χ3n) is 5.11. The first-order valence-electron chi connectivity index (χ1n) is 9.75. The van der Waals surface area contributed by atoms with Crippen LogP contribution in [0.1, 0.15) is 78.6 Å². The SMILES string of the molecule is CCCCC[Si](CCCCC)(CCCCC)c1cc[c]cc1. The molecule has 1 heteroatoms. The van der Waals surface area contributed by atoms with E-state index in [0.29, 0.717) is 0 Å². The molecule has 1 aromatic rings. The molecule has 0 aromatic heterocycles. The summed E-state index contributed by atoms with van der Waals surface area (Å²) in [6.07, 6.45) is 12.6. The van der Waals surface area contributed by atoms with E-state index in [1.165, 1.54) is 75.9 Å². The first-order chi connectivity index (χ1) is 10.8. The minimum atomic E-state index is -1.30. The molecule has 0 saturated heterocycles. The molecular formula is C21H37Si. The Hall–Kier alpha value is -0.563. The molecule has 0 amide bonds. The highest BCUT2D eigenvalue weighted by Crippen LogP contribution is 2.29. The van der Waals surface area contributed by atoms with Crippen LogP contribution in [0, 0.1) is 6.07 Å². The summed E-state index contributed by atoms with van der Waals surface area (Å²) in [5.41, 5.74) is 0. The van der Waals surface area contributed by atoms with E-state index < -0.39 is 8.07 Å². The molecule has 0 nitrogen and oxygen atoms in total. The van der Waals surface area contributed by atoms with Gasteiger partial charge in [0.1, 0.15) is 0 Å². The maximum absolute atomic E-state index is 3.23. The van der Waals surface area contributed by atoms with E-state index in [1.54, 1.807) is 5.19 Å². The normalized spacial score (nSPS) is 11.8. The van der Waals surface area contributed by atoms with E-state index in [4.69, 9.17) is 0 Å². The second-order valence-corrected chi connectivity index (χ2v) is 11.6. The molecule has 1 rings (SSSR count). The van der Waals surface area contributed by atoms with Crippen molar-refractivity contribution in [1.29, 1.82) is 0 Å². The van der Waals surface area contributed by atoms with Crippen LogP contribution in [0.5, 0.6) is 0 Å². The quantitative estimate of drug-likeness (QED) is 0.280. The van der Waals surface area contributed by atoms with Crippen molar-refractivity contribution in [3.63, 3.8) is 0 Å². The Morgan fingerprint density at radius 2 is 1.09 bits per heavy atom. The van der Waals surface area contributed by atoms with Gasteiger partial charge in [-0.1, -0.05) is 126 Å². The zero-order valence-electron chi connectivity index (χ0n) is 15.3. The molecule has 0 spiro atoms. The molecule has 0 atom stereocenters. The van der Waals surface area contributed by atoms with Gasteiger partial charge in [-0.3, -0.25) is 0 Å². The topological polar surface area (TPSA) is 0 Å². The standard InChI is InChI=1S/C21H37Si/c1-4-7-13-18-22(19-14-8-5-2,20-15-9-6-3)21-16-11-10-12-17-21/h11-12,16-17H,4-9,13-15,18-20H2,1-3H3. The zero-order chi connectivity index (χ0) is 16.1. The Kier molecular flexibility index (Phi) is 10.6. The first kappa shape index (κ1) is 19.5. The summed E-state index contributed by atoms with van der Waals surface area (Å²) >= 11 is 0. The van der Waals surface area contributed by atoms with Crippen LogP contribution in [0.2, 0.25) is 18.1 Å². The van der Waals surface area contributed by atoms with Crippen molar-refractivity contribution in [3.05, 3.63) is 30.3 Å². The van der Waals surface area contributed by atoms with Crippen LogP contribution in [-0.4, -0.2) is 8.07 Å². The number of rotatable bonds is 13. The fourth-order valence-corrected chi connectivity index (χ4v) is 8.96. The lowest BCUT2D eigenvalue weighted by atomic mass is 10.3. The van der Waals surface area contributed by atoms with Crippen LogP contribution < -0.4 is 5.19 Å². The Balaban J connectivity index is 2.88. The van der Waals surface area contributed by atoms with Crippen molar-refractivity contribution in [2.45, 2.75) is 96.7 Å². The second-order valence-electron chi connectivity index (χ2n) is 6.94. The van der Waals surface area contributed by atoms with Gasteiger partial charge in [0.25, 0.3) is 0 Å². The third kappa shape index (κ3) is 6.69. The summed E-state index contributed by atoms with van der Waals surface area (Å²) in [6, 6.07) is 16.9. The van der Waals surface area contributed by atoms with Crippen molar-refractivity contribution in [2.75, 3.05) is 0 Å². The summed E-state index contributed by atoms with van der Waals surface area (Å²) in [5, 5.41) is 1.72.